The van der Waals surface area contributed by atoms with Gasteiger partial charge in [0.2, 0.25) is 12.7 Å². The van der Waals surface area contributed by atoms with Gasteiger partial charge in [0.15, 0.2) is 22.3 Å². The van der Waals surface area contributed by atoms with E-state index in [9.17, 15) is 4.79 Å². The Balaban J connectivity index is 1.21. The number of aromatic nitrogens is 4. The van der Waals surface area contributed by atoms with Crippen molar-refractivity contribution in [2.24, 2.45) is 5.92 Å². The first kappa shape index (κ1) is 21.7. The van der Waals surface area contributed by atoms with Gasteiger partial charge in [-0.15, -0.1) is 21.5 Å². The van der Waals surface area contributed by atoms with Crippen LogP contribution in [0.3, 0.4) is 0 Å². The third kappa shape index (κ3) is 3.78. The average molecular weight is 496 g/mol. The standard InChI is InChI=1S/C24H25N5O3S2/c1-3-19-26-23-21(15-6-4-13(2)8-18(15)34-23)22-27-28-24(29(19)22)33-11-20(30)25-10-14-5-7-16-17(9-14)32-12-31-16/h5,7,9,13H,3-4,6,8,10-12H2,1-2H3,(H,25,30)/t13-/m0/s1. The number of carbonyl (C=O) groups excluding carboxylic acids is 1. The minimum atomic E-state index is -0.0617. The van der Waals surface area contributed by atoms with Crippen LogP contribution in [0.25, 0.3) is 15.9 Å². The Morgan fingerprint density at radius 2 is 2.18 bits per heavy atom. The molecule has 0 fully saturated rings. The molecule has 6 rings (SSSR count). The maximum absolute atomic E-state index is 12.6. The highest BCUT2D eigenvalue weighted by Crippen LogP contribution is 2.39. The van der Waals surface area contributed by atoms with Gasteiger partial charge < -0.3 is 14.8 Å². The topological polar surface area (TPSA) is 90.6 Å². The lowest BCUT2D eigenvalue weighted by Crippen LogP contribution is -2.24. The van der Waals surface area contributed by atoms with Crippen molar-refractivity contribution in [3.8, 4) is 11.5 Å². The number of nitrogens with one attached hydrogen (secondary N) is 1. The molecule has 1 atom stereocenters. The molecule has 4 heterocycles. The number of fused-ring (bicyclic) bond motifs is 6. The van der Waals surface area contributed by atoms with E-state index in [4.69, 9.17) is 14.5 Å². The molecule has 10 heteroatoms. The van der Waals surface area contributed by atoms with Crippen molar-refractivity contribution in [3.05, 3.63) is 40.0 Å². The number of benzene rings is 1. The monoisotopic (exact) mass is 495 g/mol. The quantitative estimate of drug-likeness (QED) is 0.402. The molecule has 1 aliphatic carbocycles. The second kappa shape index (κ2) is 8.74. The van der Waals surface area contributed by atoms with Gasteiger partial charge in [0.25, 0.3) is 0 Å². The SMILES string of the molecule is CCc1nc2sc3c(c2c2nnc(SCC(=O)NCc4ccc5c(c4)OCO5)n12)CC[C@H](C)C3. The smallest absolute Gasteiger partial charge is 0.231 e. The van der Waals surface area contributed by atoms with E-state index in [0.29, 0.717) is 23.4 Å². The minimum absolute atomic E-state index is 0.0617. The molecule has 0 spiro atoms. The fourth-order valence-corrected chi connectivity index (χ4v) is 6.82. The Morgan fingerprint density at radius 3 is 3.06 bits per heavy atom. The summed E-state index contributed by atoms with van der Waals surface area (Å²) in [4.78, 5) is 20.1. The molecule has 8 nitrogen and oxygen atoms in total. The highest BCUT2D eigenvalue weighted by Gasteiger charge is 2.25. The second-order valence-electron chi connectivity index (χ2n) is 8.81. The van der Waals surface area contributed by atoms with Crippen molar-refractivity contribution in [3.63, 3.8) is 0 Å². The van der Waals surface area contributed by atoms with Gasteiger partial charge in [-0.05, 0) is 48.4 Å². The van der Waals surface area contributed by atoms with Gasteiger partial charge in [-0.3, -0.25) is 9.20 Å². The summed E-state index contributed by atoms with van der Waals surface area (Å²) in [6, 6.07) is 5.69. The molecule has 0 radical (unpaired) electrons. The van der Waals surface area contributed by atoms with E-state index in [1.807, 2.05) is 33.9 Å². The van der Waals surface area contributed by atoms with E-state index < -0.39 is 0 Å². The van der Waals surface area contributed by atoms with Gasteiger partial charge >= 0.3 is 0 Å². The summed E-state index contributed by atoms with van der Waals surface area (Å²) in [5, 5.41) is 13.9. The lowest BCUT2D eigenvalue weighted by molar-refractivity contribution is -0.118. The Morgan fingerprint density at radius 1 is 1.29 bits per heavy atom. The summed E-state index contributed by atoms with van der Waals surface area (Å²) in [5.41, 5.74) is 3.23. The number of thioether (sulfide) groups is 1. The molecule has 0 saturated heterocycles. The van der Waals surface area contributed by atoms with Crippen molar-refractivity contribution in [1.29, 1.82) is 0 Å². The maximum Gasteiger partial charge on any atom is 0.231 e. The molecule has 4 aromatic rings. The lowest BCUT2D eigenvalue weighted by atomic mass is 9.89. The zero-order valence-corrected chi connectivity index (χ0v) is 20.7. The van der Waals surface area contributed by atoms with Crippen molar-refractivity contribution in [2.45, 2.75) is 51.2 Å². The molecule has 1 amide bonds. The summed E-state index contributed by atoms with van der Waals surface area (Å²) in [6.07, 6.45) is 4.15. The van der Waals surface area contributed by atoms with Crippen LogP contribution in [0.1, 0.15) is 42.1 Å². The van der Waals surface area contributed by atoms with Crippen molar-refractivity contribution in [1.82, 2.24) is 24.9 Å². The molecule has 1 N–H and O–H groups in total. The van der Waals surface area contributed by atoms with E-state index >= 15 is 0 Å². The van der Waals surface area contributed by atoms with Crippen LogP contribution >= 0.6 is 23.1 Å². The van der Waals surface area contributed by atoms with Gasteiger partial charge in [-0.25, -0.2) is 4.98 Å². The Bertz CT molecular complexity index is 1410. The first-order chi connectivity index (χ1) is 16.6. The number of amides is 1. The number of thiophene rings is 1. The normalized spacial score (nSPS) is 16.8. The predicted molar refractivity (Wildman–Crippen MR) is 132 cm³/mol. The predicted octanol–water partition coefficient (Wildman–Crippen LogP) is 4.16. The Hall–Kier alpha value is -2.85. The Labute approximate surface area is 205 Å². The fraction of sp³-hybridized carbons (Fsp3) is 0.417. The minimum Gasteiger partial charge on any atom is -0.454 e. The second-order valence-corrected chi connectivity index (χ2v) is 10.8. The zero-order valence-electron chi connectivity index (χ0n) is 19.1. The maximum atomic E-state index is 12.6. The molecule has 0 bridgehead atoms. The Kier molecular flexibility index (Phi) is 5.57. The third-order valence-electron chi connectivity index (χ3n) is 6.41. The van der Waals surface area contributed by atoms with E-state index in [0.717, 1.165) is 52.3 Å². The first-order valence-electron chi connectivity index (χ1n) is 11.6. The number of hydrogen-bond acceptors (Lipinski definition) is 8. The number of aryl methyl sites for hydroxylation is 2. The molecule has 34 heavy (non-hydrogen) atoms. The van der Waals surface area contributed by atoms with E-state index in [-0.39, 0.29) is 18.5 Å². The van der Waals surface area contributed by atoms with Crippen LogP contribution in [0.4, 0.5) is 0 Å². The lowest BCUT2D eigenvalue weighted by Gasteiger charge is -2.17. The van der Waals surface area contributed by atoms with E-state index in [1.54, 1.807) is 0 Å². The molecular formula is C24H25N5O3S2. The summed E-state index contributed by atoms with van der Waals surface area (Å²) < 4.78 is 12.8. The molecule has 1 aromatic carbocycles. The van der Waals surface area contributed by atoms with Crippen LogP contribution in [-0.2, 0) is 30.6 Å². The number of hydrogen-bond donors (Lipinski definition) is 1. The average Bonchev–Trinajstić information content (AvgIpc) is 3.56. The van der Waals surface area contributed by atoms with Crippen LogP contribution in [0.15, 0.2) is 23.4 Å². The highest BCUT2D eigenvalue weighted by molar-refractivity contribution is 7.99. The molecule has 176 valence electrons. The molecule has 2 aliphatic rings. The molecule has 0 saturated carbocycles. The van der Waals surface area contributed by atoms with Gasteiger partial charge in [-0.2, -0.15) is 0 Å². The number of rotatable bonds is 6. The van der Waals surface area contributed by atoms with E-state index in [1.165, 1.54) is 28.6 Å². The van der Waals surface area contributed by atoms with Crippen molar-refractivity contribution in [2.75, 3.05) is 12.5 Å². The molecule has 1 aliphatic heterocycles. The first-order valence-corrected chi connectivity index (χ1v) is 13.4. The summed E-state index contributed by atoms with van der Waals surface area (Å²) in [5.74, 6) is 3.29. The highest BCUT2D eigenvalue weighted by atomic mass is 32.2. The third-order valence-corrected chi connectivity index (χ3v) is 8.49. The van der Waals surface area contributed by atoms with Crippen LogP contribution in [0.2, 0.25) is 0 Å². The summed E-state index contributed by atoms with van der Waals surface area (Å²) in [6.45, 7) is 5.08. The molecular weight excluding hydrogens is 470 g/mol. The van der Waals surface area contributed by atoms with Gasteiger partial charge in [-0.1, -0.05) is 31.7 Å². The zero-order chi connectivity index (χ0) is 23.2. The largest absolute Gasteiger partial charge is 0.454 e. The fourth-order valence-electron chi connectivity index (χ4n) is 4.64. The molecule has 3 aromatic heterocycles. The number of ether oxygens (including phenoxy) is 2. The summed E-state index contributed by atoms with van der Waals surface area (Å²) >= 11 is 3.20. The van der Waals surface area contributed by atoms with Gasteiger partial charge in [0.1, 0.15) is 10.7 Å². The van der Waals surface area contributed by atoms with Crippen LogP contribution in [0, 0.1) is 5.92 Å². The van der Waals surface area contributed by atoms with Gasteiger partial charge in [0, 0.05) is 17.8 Å². The van der Waals surface area contributed by atoms with Gasteiger partial charge in [0.05, 0.1) is 11.1 Å². The van der Waals surface area contributed by atoms with Crippen LogP contribution in [-0.4, -0.2) is 38.0 Å². The van der Waals surface area contributed by atoms with Crippen molar-refractivity contribution < 1.29 is 14.3 Å². The molecule has 0 unspecified atom stereocenters. The number of carbonyl (C=O) groups is 1. The number of nitrogens with zero attached hydrogens (tertiary/aromatic N) is 4. The van der Waals surface area contributed by atoms with Crippen LogP contribution < -0.4 is 14.8 Å². The van der Waals surface area contributed by atoms with E-state index in [2.05, 4.69) is 29.4 Å². The summed E-state index contributed by atoms with van der Waals surface area (Å²) in [7, 11) is 0. The van der Waals surface area contributed by atoms with Crippen LogP contribution in [0.5, 0.6) is 11.5 Å². The van der Waals surface area contributed by atoms with Crippen molar-refractivity contribution >= 4 is 44.9 Å².